The van der Waals surface area contributed by atoms with Gasteiger partial charge in [-0.2, -0.15) is 0 Å². The molecule has 0 amide bonds. The third-order valence-corrected chi connectivity index (χ3v) is 15.9. The van der Waals surface area contributed by atoms with Crippen LogP contribution < -0.4 is 9.80 Å². The lowest BCUT2D eigenvalue weighted by atomic mass is 9.84. The highest BCUT2D eigenvalue weighted by Crippen LogP contribution is 2.50. The molecule has 0 saturated heterocycles. The molecule has 0 radical (unpaired) electrons. The summed E-state index contributed by atoms with van der Waals surface area (Å²) in [5.74, 6) is 0.472. The summed E-state index contributed by atoms with van der Waals surface area (Å²) >= 11 is 0. The minimum absolute atomic E-state index is 0.0545. The van der Waals surface area contributed by atoms with Gasteiger partial charge in [0.2, 0.25) is 0 Å². The first-order chi connectivity index (χ1) is 35.8. The summed E-state index contributed by atoms with van der Waals surface area (Å²) < 4.78 is 14.4. The fourth-order valence-corrected chi connectivity index (χ4v) is 11.6. The van der Waals surface area contributed by atoms with Gasteiger partial charge in [-0.1, -0.05) is 171 Å². The van der Waals surface area contributed by atoms with Crippen LogP contribution in [0.3, 0.4) is 0 Å². The van der Waals surface area contributed by atoms with Gasteiger partial charge in [0.15, 0.2) is 11.2 Å². The average molecular weight is 1000 g/mol. The maximum Gasteiger partial charge on any atom is 0.178 e. The number of anilines is 6. The highest BCUT2D eigenvalue weighted by Gasteiger charge is 2.29. The molecule has 0 unspecified atom stereocenters. The van der Waals surface area contributed by atoms with E-state index in [9.17, 15) is 0 Å². The van der Waals surface area contributed by atoms with E-state index in [0.29, 0.717) is 0 Å². The molecule has 0 aliphatic heterocycles. The lowest BCUT2D eigenvalue weighted by molar-refractivity contribution is 0.590. The van der Waals surface area contributed by atoms with Gasteiger partial charge in [0.05, 0.1) is 0 Å². The fraction of sp³-hybridized carbons (Fsp3) is 0.306. The maximum absolute atomic E-state index is 7.18. The third-order valence-electron chi connectivity index (χ3n) is 15.9. The summed E-state index contributed by atoms with van der Waals surface area (Å²) in [6, 6.07) is 59.2. The number of hydrogen-bond acceptors (Lipinski definition) is 4. The van der Waals surface area contributed by atoms with Crippen LogP contribution in [0.2, 0.25) is 0 Å². The van der Waals surface area contributed by atoms with Gasteiger partial charge in [0.1, 0.15) is 11.2 Å². The van der Waals surface area contributed by atoms with Crippen molar-refractivity contribution >= 4 is 99.5 Å². The first-order valence-electron chi connectivity index (χ1n) is 27.6. The van der Waals surface area contributed by atoms with Crippen LogP contribution in [0.5, 0.6) is 0 Å². The molecule has 0 atom stereocenters. The standard InChI is InChI=1S/C72H76N2O2/c1-43(2)63-64(44(3)4)66-60-40-46-18-28-58(74(55-33-23-51(24-34-55)71(11,12)13)56-35-25-52(26-36-56)72(14,15)16)38-48(46)42-62(60)76-68(66)67-65(63)59-39-45-17-27-57(37-47(45)41-61(59)75-67)73(53-29-19-49(20-30-53)69(5,6)7)54-31-21-50(22-32-54)70(8,9)10/h17-44H,1-16H3. The Labute approximate surface area is 451 Å². The number of benzene rings is 9. The Bertz CT molecular complexity index is 3610. The average Bonchev–Trinajstić information content (AvgIpc) is 4.01. The van der Waals surface area contributed by atoms with Crippen LogP contribution in [0.15, 0.2) is 167 Å². The molecule has 11 rings (SSSR count). The van der Waals surface area contributed by atoms with Crippen LogP contribution in [0.25, 0.3) is 65.4 Å². The first kappa shape index (κ1) is 50.8. The molecule has 11 aromatic rings. The van der Waals surface area contributed by atoms with E-state index in [2.05, 4.69) is 278 Å². The molecule has 2 aromatic heterocycles. The number of rotatable bonds is 8. The van der Waals surface area contributed by atoms with Gasteiger partial charge in [-0.15, -0.1) is 0 Å². The summed E-state index contributed by atoms with van der Waals surface area (Å²) in [6.07, 6.45) is 0. The SMILES string of the molecule is CC(C)c1c(C(C)C)c2c3cc4ccc(N(c5ccc(C(C)(C)C)cc5)c5ccc(C(C)(C)C)cc5)cc4cc3oc2c2oc3cc4cc(N(c5ccc(C(C)(C)C)cc5)c5ccc(C(C)(C)C)cc5)ccc4cc3c12. The van der Waals surface area contributed by atoms with Gasteiger partial charge in [0.25, 0.3) is 0 Å². The van der Waals surface area contributed by atoms with Crippen LogP contribution in [-0.2, 0) is 21.7 Å². The summed E-state index contributed by atoms with van der Waals surface area (Å²) in [4.78, 5) is 4.76. The van der Waals surface area contributed by atoms with Crippen molar-refractivity contribution in [1.29, 1.82) is 0 Å². The van der Waals surface area contributed by atoms with Crippen LogP contribution in [0.1, 0.15) is 156 Å². The second-order valence-corrected chi connectivity index (χ2v) is 26.4. The van der Waals surface area contributed by atoms with Crippen molar-refractivity contribution in [1.82, 2.24) is 0 Å². The van der Waals surface area contributed by atoms with Crippen molar-refractivity contribution in [2.75, 3.05) is 9.80 Å². The summed E-state index contributed by atoms with van der Waals surface area (Å²) in [7, 11) is 0. The molecule has 0 fully saturated rings. The van der Waals surface area contributed by atoms with Crippen molar-refractivity contribution in [2.24, 2.45) is 0 Å². The molecule has 0 spiro atoms. The Hall–Kier alpha value is -7.30. The number of fused-ring (bicyclic) bond motifs is 9. The molecule has 0 aliphatic rings. The predicted octanol–water partition coefficient (Wildman–Crippen LogP) is 22.2. The largest absolute Gasteiger partial charge is 0.452 e. The van der Waals surface area contributed by atoms with Crippen LogP contribution in [-0.4, -0.2) is 0 Å². The smallest absolute Gasteiger partial charge is 0.178 e. The zero-order valence-corrected chi connectivity index (χ0v) is 47.9. The van der Waals surface area contributed by atoms with Crippen molar-refractivity contribution in [2.45, 2.75) is 144 Å². The van der Waals surface area contributed by atoms with E-state index in [-0.39, 0.29) is 33.5 Å². The van der Waals surface area contributed by atoms with E-state index in [4.69, 9.17) is 8.83 Å². The first-order valence-corrected chi connectivity index (χ1v) is 27.6. The quantitative estimate of drug-likeness (QED) is 0.152. The molecule has 0 bridgehead atoms. The Kier molecular flexibility index (Phi) is 12.2. The van der Waals surface area contributed by atoms with E-state index >= 15 is 0 Å². The summed E-state index contributed by atoms with van der Waals surface area (Å²) in [5, 5.41) is 9.13. The predicted molar refractivity (Wildman–Crippen MR) is 328 cm³/mol. The molecular weight excluding hydrogens is 925 g/mol. The lowest BCUT2D eigenvalue weighted by Gasteiger charge is -2.28. The highest BCUT2D eigenvalue weighted by molar-refractivity contribution is 6.24. The summed E-state index contributed by atoms with van der Waals surface area (Å²) in [5.41, 5.74) is 18.1. The van der Waals surface area contributed by atoms with Crippen molar-refractivity contribution in [3.8, 4) is 0 Å². The van der Waals surface area contributed by atoms with E-state index in [1.165, 1.54) is 44.2 Å². The number of furan rings is 2. The van der Waals surface area contributed by atoms with Gasteiger partial charge < -0.3 is 18.6 Å². The highest BCUT2D eigenvalue weighted by atomic mass is 16.4. The fourth-order valence-electron chi connectivity index (χ4n) is 11.6. The van der Waals surface area contributed by atoms with E-state index in [0.717, 1.165) is 88.8 Å². The van der Waals surface area contributed by atoms with Gasteiger partial charge >= 0.3 is 0 Å². The molecule has 9 aromatic carbocycles. The zero-order valence-electron chi connectivity index (χ0n) is 47.9. The van der Waals surface area contributed by atoms with Crippen LogP contribution in [0.4, 0.5) is 34.1 Å². The zero-order chi connectivity index (χ0) is 54.0. The topological polar surface area (TPSA) is 32.8 Å². The second-order valence-electron chi connectivity index (χ2n) is 26.4. The molecule has 0 N–H and O–H groups in total. The Morgan fingerprint density at radius 2 is 0.566 bits per heavy atom. The molecule has 0 aliphatic carbocycles. The van der Waals surface area contributed by atoms with E-state index in [1.54, 1.807) is 0 Å². The van der Waals surface area contributed by atoms with E-state index in [1.807, 2.05) is 0 Å². The lowest BCUT2D eigenvalue weighted by Crippen LogP contribution is -2.14. The Balaban J connectivity index is 1.07. The Morgan fingerprint density at radius 1 is 0.303 bits per heavy atom. The monoisotopic (exact) mass is 1000 g/mol. The minimum atomic E-state index is 0.0545. The molecule has 4 heteroatoms. The molecule has 386 valence electrons. The molecule has 2 heterocycles. The van der Waals surface area contributed by atoms with Crippen LogP contribution in [0, 0.1) is 0 Å². The molecule has 0 saturated carbocycles. The van der Waals surface area contributed by atoms with Crippen molar-refractivity contribution in [3.05, 3.63) is 191 Å². The summed E-state index contributed by atoms with van der Waals surface area (Å²) in [6.45, 7) is 36.6. The molecular formula is C72H76N2O2. The minimum Gasteiger partial charge on any atom is -0.452 e. The maximum atomic E-state index is 7.18. The normalized spacial score (nSPS) is 13.0. The van der Waals surface area contributed by atoms with Gasteiger partial charge in [0, 0.05) is 55.7 Å². The van der Waals surface area contributed by atoms with Gasteiger partial charge in [-0.25, -0.2) is 0 Å². The van der Waals surface area contributed by atoms with Gasteiger partial charge in [-0.05, 0) is 185 Å². The van der Waals surface area contributed by atoms with Crippen molar-refractivity contribution in [3.63, 3.8) is 0 Å². The van der Waals surface area contributed by atoms with Gasteiger partial charge in [-0.3, -0.25) is 0 Å². The van der Waals surface area contributed by atoms with Crippen molar-refractivity contribution < 1.29 is 8.83 Å². The third kappa shape index (κ3) is 9.02. The molecule has 76 heavy (non-hydrogen) atoms. The van der Waals surface area contributed by atoms with E-state index < -0.39 is 0 Å². The molecule has 4 nitrogen and oxygen atoms in total. The number of hydrogen-bond donors (Lipinski definition) is 0. The number of nitrogens with zero attached hydrogens (tertiary/aromatic N) is 2. The van der Waals surface area contributed by atoms with Crippen LogP contribution >= 0.6 is 0 Å². The Morgan fingerprint density at radius 3 is 0.816 bits per heavy atom. The second kappa shape index (κ2) is 18.2.